The highest BCUT2D eigenvalue weighted by Crippen LogP contribution is 2.38. The van der Waals surface area contributed by atoms with Crippen LogP contribution in [0.1, 0.15) is 27.0 Å². The predicted molar refractivity (Wildman–Crippen MR) is 94.8 cm³/mol. The van der Waals surface area contributed by atoms with Crippen molar-refractivity contribution in [3.05, 3.63) is 39.6 Å². The van der Waals surface area contributed by atoms with Gasteiger partial charge in [-0.1, -0.05) is 0 Å². The van der Waals surface area contributed by atoms with Crippen molar-refractivity contribution >= 4 is 23.0 Å². The monoisotopic (exact) mass is 348 g/mol. The topological polar surface area (TPSA) is 69.2 Å². The lowest BCUT2D eigenvalue weighted by atomic mass is 10.1. The van der Waals surface area contributed by atoms with E-state index in [9.17, 15) is 4.79 Å². The van der Waals surface area contributed by atoms with E-state index in [0.29, 0.717) is 22.8 Å². The molecule has 2 aromatic rings. The zero-order valence-corrected chi connectivity index (χ0v) is 15.1. The number of thiophene rings is 1. The summed E-state index contributed by atoms with van der Waals surface area (Å²) in [6, 6.07) is 7.15. The molecule has 1 heterocycles. The smallest absolute Gasteiger partial charge is 0.271 e. The molecule has 0 atom stereocenters. The zero-order valence-electron chi connectivity index (χ0n) is 14.3. The Balaban J connectivity index is 2.23. The van der Waals surface area contributed by atoms with Crippen molar-refractivity contribution in [2.45, 2.75) is 13.8 Å². The number of aryl methyl sites for hydroxylation is 1. The number of nitrogens with zero attached hydrogens (tertiary/aromatic N) is 1. The molecule has 0 aliphatic carbocycles. The second-order valence-corrected chi connectivity index (χ2v) is 6.25. The minimum absolute atomic E-state index is 0.359. The first-order chi connectivity index (χ1) is 11.5. The molecular formula is C17H20N2O4S. The van der Waals surface area contributed by atoms with Gasteiger partial charge in [0.05, 0.1) is 31.9 Å². The molecule has 0 bridgehead atoms. The summed E-state index contributed by atoms with van der Waals surface area (Å²) in [6.07, 6.45) is 0. The van der Waals surface area contributed by atoms with E-state index in [-0.39, 0.29) is 5.91 Å². The van der Waals surface area contributed by atoms with Gasteiger partial charge in [-0.15, -0.1) is 11.3 Å². The Morgan fingerprint density at radius 1 is 1.08 bits per heavy atom. The number of carbonyl (C=O) groups excluding carboxylic acids is 1. The number of amides is 1. The third-order valence-electron chi connectivity index (χ3n) is 3.35. The number of nitrogens with one attached hydrogen (secondary N) is 1. The zero-order chi connectivity index (χ0) is 17.7. The Labute approximate surface area is 145 Å². The van der Waals surface area contributed by atoms with Gasteiger partial charge in [-0.05, 0) is 38.1 Å². The molecule has 1 amide bonds. The van der Waals surface area contributed by atoms with Gasteiger partial charge < -0.3 is 14.2 Å². The highest BCUT2D eigenvalue weighted by Gasteiger charge is 2.16. The van der Waals surface area contributed by atoms with Gasteiger partial charge in [-0.2, -0.15) is 5.10 Å². The maximum atomic E-state index is 12.4. The normalized spacial score (nSPS) is 11.1. The number of benzene rings is 1. The predicted octanol–water partition coefficient (Wildman–Crippen LogP) is 3.24. The maximum Gasteiger partial charge on any atom is 0.271 e. The van der Waals surface area contributed by atoms with Crippen LogP contribution in [0.15, 0.2) is 29.4 Å². The van der Waals surface area contributed by atoms with Crippen LogP contribution in [0.2, 0.25) is 0 Å². The summed E-state index contributed by atoms with van der Waals surface area (Å²) in [6.45, 7) is 3.87. The Kier molecular flexibility index (Phi) is 5.81. The highest BCUT2D eigenvalue weighted by molar-refractivity contribution is 7.14. The van der Waals surface area contributed by atoms with Crippen LogP contribution in [0.3, 0.4) is 0 Å². The van der Waals surface area contributed by atoms with E-state index < -0.39 is 0 Å². The molecule has 0 saturated carbocycles. The molecule has 0 aliphatic rings. The van der Waals surface area contributed by atoms with Gasteiger partial charge >= 0.3 is 0 Å². The van der Waals surface area contributed by atoms with Crippen LogP contribution in [0, 0.1) is 6.92 Å². The maximum absolute atomic E-state index is 12.4. The third kappa shape index (κ3) is 3.86. The average Bonchev–Trinajstić information content (AvgIpc) is 3.04. The van der Waals surface area contributed by atoms with Gasteiger partial charge in [0.1, 0.15) is 0 Å². The lowest BCUT2D eigenvalue weighted by Crippen LogP contribution is -2.19. The summed E-state index contributed by atoms with van der Waals surface area (Å²) in [4.78, 5) is 14.6. The molecule has 0 unspecified atom stereocenters. The quantitative estimate of drug-likeness (QED) is 0.643. The summed E-state index contributed by atoms with van der Waals surface area (Å²) in [5.74, 6) is 0.903. The number of hydrazone groups is 1. The van der Waals surface area contributed by atoms with E-state index in [1.807, 2.05) is 26.0 Å². The van der Waals surface area contributed by atoms with Gasteiger partial charge in [-0.3, -0.25) is 4.79 Å². The standard InChI is InChI=1S/C17H20N2O4S/c1-10-6-7-15(24-10)11(2)18-19-17(20)12-8-13(21-3)16(23-5)14(9-12)22-4/h6-9H,1-5H3,(H,19,20)/b18-11-. The molecule has 2 rings (SSSR count). The Morgan fingerprint density at radius 2 is 1.71 bits per heavy atom. The first kappa shape index (κ1) is 17.8. The SMILES string of the molecule is COc1cc(C(=O)N/N=C(/C)c2ccc(C)s2)cc(OC)c1OC. The Bertz CT molecular complexity index is 743. The van der Waals surface area contributed by atoms with Gasteiger partial charge in [-0.25, -0.2) is 5.43 Å². The highest BCUT2D eigenvalue weighted by atomic mass is 32.1. The number of carbonyl (C=O) groups is 1. The number of ether oxygens (including phenoxy) is 3. The average molecular weight is 348 g/mol. The van der Waals surface area contributed by atoms with Crippen molar-refractivity contribution in [1.29, 1.82) is 0 Å². The van der Waals surface area contributed by atoms with Crippen LogP contribution < -0.4 is 19.6 Å². The van der Waals surface area contributed by atoms with E-state index in [4.69, 9.17) is 14.2 Å². The van der Waals surface area contributed by atoms with Gasteiger partial charge in [0.2, 0.25) is 5.75 Å². The van der Waals surface area contributed by atoms with Crippen molar-refractivity contribution in [2.24, 2.45) is 5.10 Å². The molecular weight excluding hydrogens is 328 g/mol. The summed E-state index contributed by atoms with van der Waals surface area (Å²) in [7, 11) is 4.51. The van der Waals surface area contributed by atoms with E-state index in [0.717, 1.165) is 10.6 Å². The van der Waals surface area contributed by atoms with Crippen LogP contribution >= 0.6 is 11.3 Å². The van der Waals surface area contributed by atoms with Crippen LogP contribution in [0.25, 0.3) is 0 Å². The van der Waals surface area contributed by atoms with Crippen LogP contribution in [-0.4, -0.2) is 32.9 Å². The van der Waals surface area contributed by atoms with Crippen molar-refractivity contribution in [1.82, 2.24) is 5.43 Å². The molecule has 1 aromatic heterocycles. The van der Waals surface area contributed by atoms with Crippen molar-refractivity contribution in [3.8, 4) is 17.2 Å². The van der Waals surface area contributed by atoms with Gasteiger partial charge in [0, 0.05) is 10.4 Å². The first-order valence-corrected chi connectivity index (χ1v) is 8.03. The van der Waals surface area contributed by atoms with Crippen LogP contribution in [0.4, 0.5) is 0 Å². The molecule has 0 fully saturated rings. The van der Waals surface area contributed by atoms with Crippen LogP contribution in [-0.2, 0) is 0 Å². The second kappa shape index (κ2) is 7.83. The minimum Gasteiger partial charge on any atom is -0.493 e. The molecule has 0 saturated heterocycles. The summed E-state index contributed by atoms with van der Waals surface area (Å²) < 4.78 is 15.7. The molecule has 6 nitrogen and oxygen atoms in total. The van der Waals surface area contributed by atoms with Gasteiger partial charge in [0.25, 0.3) is 5.91 Å². The summed E-state index contributed by atoms with van der Waals surface area (Å²) in [5.41, 5.74) is 3.66. The summed E-state index contributed by atoms with van der Waals surface area (Å²) >= 11 is 1.62. The minimum atomic E-state index is -0.359. The first-order valence-electron chi connectivity index (χ1n) is 7.21. The number of methoxy groups -OCH3 is 3. The summed E-state index contributed by atoms with van der Waals surface area (Å²) in [5, 5.41) is 4.15. The number of hydrogen-bond acceptors (Lipinski definition) is 6. The fourth-order valence-corrected chi connectivity index (χ4v) is 2.91. The lowest BCUT2D eigenvalue weighted by Gasteiger charge is -2.13. The lowest BCUT2D eigenvalue weighted by molar-refractivity contribution is 0.0954. The van der Waals surface area contributed by atoms with Crippen molar-refractivity contribution < 1.29 is 19.0 Å². The van der Waals surface area contributed by atoms with E-state index in [1.165, 1.54) is 26.2 Å². The van der Waals surface area contributed by atoms with Gasteiger partial charge in [0.15, 0.2) is 11.5 Å². The molecule has 0 spiro atoms. The molecule has 128 valence electrons. The molecule has 1 N–H and O–H groups in total. The van der Waals surface area contributed by atoms with Crippen molar-refractivity contribution in [2.75, 3.05) is 21.3 Å². The Hall–Kier alpha value is -2.54. The second-order valence-electron chi connectivity index (χ2n) is 4.96. The number of rotatable bonds is 6. The number of hydrogen-bond donors (Lipinski definition) is 1. The molecule has 0 aliphatic heterocycles. The third-order valence-corrected chi connectivity index (χ3v) is 4.46. The fraction of sp³-hybridized carbons (Fsp3) is 0.294. The molecule has 7 heteroatoms. The molecule has 1 aromatic carbocycles. The van der Waals surface area contributed by atoms with E-state index in [2.05, 4.69) is 10.5 Å². The molecule has 0 radical (unpaired) electrons. The fourth-order valence-electron chi connectivity index (χ4n) is 2.10. The van der Waals surface area contributed by atoms with Crippen molar-refractivity contribution in [3.63, 3.8) is 0 Å². The van der Waals surface area contributed by atoms with E-state index >= 15 is 0 Å². The molecule has 24 heavy (non-hydrogen) atoms. The Morgan fingerprint density at radius 3 is 2.17 bits per heavy atom. The van der Waals surface area contributed by atoms with E-state index in [1.54, 1.807) is 23.5 Å². The van der Waals surface area contributed by atoms with Crippen LogP contribution in [0.5, 0.6) is 17.2 Å². The largest absolute Gasteiger partial charge is 0.493 e.